The van der Waals surface area contributed by atoms with Gasteiger partial charge in [-0.05, 0) is 6.42 Å². The van der Waals surface area contributed by atoms with Crippen molar-refractivity contribution in [1.29, 1.82) is 0 Å². The van der Waals surface area contributed by atoms with Gasteiger partial charge in [0.05, 0.1) is 13.7 Å². The third-order valence-corrected chi connectivity index (χ3v) is 1.80. The molecule has 0 aliphatic heterocycles. The first-order valence-electron chi connectivity index (χ1n) is 4.80. The molecule has 0 aliphatic carbocycles. The van der Waals surface area contributed by atoms with E-state index in [1.54, 1.807) is 6.08 Å². The minimum atomic E-state index is -0.874. The second-order valence-electron chi connectivity index (χ2n) is 2.92. The van der Waals surface area contributed by atoms with E-state index >= 15 is 0 Å². The standard InChI is InChI=1S/C10H18O4/c1-3-4-5-6-9(10(11)12)7-8-14-13-2/h6H,3-5,7-8H2,1-2H3,(H,11,12)/b9-6-. The van der Waals surface area contributed by atoms with Crippen molar-refractivity contribution in [1.82, 2.24) is 0 Å². The Morgan fingerprint density at radius 2 is 2.21 bits per heavy atom. The van der Waals surface area contributed by atoms with E-state index in [9.17, 15) is 4.79 Å². The minimum Gasteiger partial charge on any atom is -0.478 e. The lowest BCUT2D eigenvalue weighted by Crippen LogP contribution is -2.04. The second-order valence-corrected chi connectivity index (χ2v) is 2.92. The SMILES string of the molecule is CCCC/C=C(/CCOOC)C(=O)O. The van der Waals surface area contributed by atoms with Gasteiger partial charge in [0, 0.05) is 12.0 Å². The van der Waals surface area contributed by atoms with E-state index in [0.29, 0.717) is 12.0 Å². The summed E-state index contributed by atoms with van der Waals surface area (Å²) < 4.78 is 0. The van der Waals surface area contributed by atoms with Gasteiger partial charge in [0.25, 0.3) is 0 Å². The summed E-state index contributed by atoms with van der Waals surface area (Å²) >= 11 is 0. The van der Waals surface area contributed by atoms with Crippen LogP contribution in [0.2, 0.25) is 0 Å². The van der Waals surface area contributed by atoms with Gasteiger partial charge in [0.2, 0.25) is 0 Å². The summed E-state index contributed by atoms with van der Waals surface area (Å²) in [5, 5.41) is 8.81. The first kappa shape index (κ1) is 13.1. The fraction of sp³-hybridized carbons (Fsp3) is 0.700. The number of allylic oxidation sites excluding steroid dienone is 1. The van der Waals surface area contributed by atoms with Crippen molar-refractivity contribution < 1.29 is 19.7 Å². The molecule has 0 bridgehead atoms. The lowest BCUT2D eigenvalue weighted by Gasteiger charge is -2.01. The quantitative estimate of drug-likeness (QED) is 0.283. The summed E-state index contributed by atoms with van der Waals surface area (Å²) in [5.41, 5.74) is 0.399. The molecule has 0 radical (unpaired) electrons. The molecule has 0 saturated carbocycles. The first-order valence-corrected chi connectivity index (χ1v) is 4.80. The molecule has 14 heavy (non-hydrogen) atoms. The Morgan fingerprint density at radius 1 is 1.50 bits per heavy atom. The van der Waals surface area contributed by atoms with E-state index in [1.165, 1.54) is 7.11 Å². The Kier molecular flexibility index (Phi) is 8.17. The van der Waals surface area contributed by atoms with Crippen LogP contribution in [0.15, 0.2) is 11.6 Å². The molecular formula is C10H18O4. The fourth-order valence-electron chi connectivity index (χ4n) is 1.01. The van der Waals surface area contributed by atoms with Crippen LogP contribution in [0.25, 0.3) is 0 Å². The second kappa shape index (κ2) is 8.72. The zero-order chi connectivity index (χ0) is 10.8. The third-order valence-electron chi connectivity index (χ3n) is 1.80. The summed E-state index contributed by atoms with van der Waals surface area (Å²) in [5.74, 6) is -0.874. The van der Waals surface area contributed by atoms with Crippen LogP contribution in [0.5, 0.6) is 0 Å². The molecule has 0 rings (SSSR count). The number of carboxylic acids is 1. The van der Waals surface area contributed by atoms with Crippen molar-refractivity contribution >= 4 is 5.97 Å². The van der Waals surface area contributed by atoms with Crippen LogP contribution in [-0.4, -0.2) is 24.8 Å². The number of hydrogen-bond acceptors (Lipinski definition) is 3. The van der Waals surface area contributed by atoms with Crippen LogP contribution in [0.3, 0.4) is 0 Å². The summed E-state index contributed by atoms with van der Waals surface area (Å²) in [6.07, 6.45) is 5.03. The van der Waals surface area contributed by atoms with E-state index in [2.05, 4.69) is 16.7 Å². The minimum absolute atomic E-state index is 0.279. The van der Waals surface area contributed by atoms with E-state index < -0.39 is 5.97 Å². The van der Waals surface area contributed by atoms with Gasteiger partial charge in [-0.25, -0.2) is 14.6 Å². The summed E-state index contributed by atoms with van der Waals surface area (Å²) in [6, 6.07) is 0. The highest BCUT2D eigenvalue weighted by Gasteiger charge is 2.06. The van der Waals surface area contributed by atoms with Crippen LogP contribution in [0.1, 0.15) is 32.6 Å². The van der Waals surface area contributed by atoms with E-state index in [1.807, 2.05) is 0 Å². The summed E-state index contributed by atoms with van der Waals surface area (Å²) in [6.45, 7) is 2.35. The number of hydrogen-bond donors (Lipinski definition) is 1. The Balaban J connectivity index is 3.88. The van der Waals surface area contributed by atoms with Gasteiger partial charge in [-0.3, -0.25) is 0 Å². The van der Waals surface area contributed by atoms with Crippen LogP contribution >= 0.6 is 0 Å². The number of aliphatic carboxylic acids is 1. The topological polar surface area (TPSA) is 55.8 Å². The average Bonchev–Trinajstić information content (AvgIpc) is 2.15. The van der Waals surface area contributed by atoms with Gasteiger partial charge in [-0.2, -0.15) is 0 Å². The normalized spacial score (nSPS) is 11.7. The zero-order valence-corrected chi connectivity index (χ0v) is 8.78. The lowest BCUT2D eigenvalue weighted by atomic mass is 10.1. The monoisotopic (exact) mass is 202 g/mol. The molecule has 82 valence electrons. The van der Waals surface area contributed by atoms with Gasteiger partial charge in [0.1, 0.15) is 0 Å². The summed E-state index contributed by atoms with van der Waals surface area (Å²) in [4.78, 5) is 19.7. The van der Waals surface area contributed by atoms with Gasteiger partial charge in [-0.15, -0.1) is 0 Å². The predicted molar refractivity (Wildman–Crippen MR) is 52.8 cm³/mol. The van der Waals surface area contributed by atoms with Crippen LogP contribution in [0.4, 0.5) is 0 Å². The van der Waals surface area contributed by atoms with Crippen molar-refractivity contribution in [2.24, 2.45) is 0 Å². The van der Waals surface area contributed by atoms with Gasteiger partial charge in [0.15, 0.2) is 0 Å². The van der Waals surface area contributed by atoms with Crippen LogP contribution in [-0.2, 0) is 14.6 Å². The maximum Gasteiger partial charge on any atom is 0.331 e. The van der Waals surface area contributed by atoms with Crippen molar-refractivity contribution in [3.05, 3.63) is 11.6 Å². The van der Waals surface area contributed by atoms with E-state index in [4.69, 9.17) is 5.11 Å². The molecule has 0 aliphatic rings. The molecule has 0 saturated heterocycles. The highest BCUT2D eigenvalue weighted by Crippen LogP contribution is 2.06. The molecule has 0 aromatic carbocycles. The molecule has 0 amide bonds. The molecule has 0 atom stereocenters. The van der Waals surface area contributed by atoms with Crippen molar-refractivity contribution in [3.63, 3.8) is 0 Å². The smallest absolute Gasteiger partial charge is 0.331 e. The van der Waals surface area contributed by atoms with Gasteiger partial charge in [-0.1, -0.05) is 25.8 Å². The van der Waals surface area contributed by atoms with Crippen LogP contribution < -0.4 is 0 Å². The predicted octanol–water partition coefficient (Wildman–Crippen LogP) is 2.16. The number of unbranched alkanes of at least 4 members (excludes halogenated alkanes) is 2. The average molecular weight is 202 g/mol. The Bertz CT molecular complexity index is 187. The molecule has 0 unspecified atom stereocenters. The van der Waals surface area contributed by atoms with Crippen molar-refractivity contribution in [3.8, 4) is 0 Å². The largest absolute Gasteiger partial charge is 0.478 e. The Morgan fingerprint density at radius 3 is 2.71 bits per heavy atom. The van der Waals surface area contributed by atoms with Gasteiger partial charge < -0.3 is 5.11 Å². The van der Waals surface area contributed by atoms with Crippen LogP contribution in [0, 0.1) is 0 Å². The molecule has 0 heterocycles. The van der Waals surface area contributed by atoms with E-state index in [-0.39, 0.29) is 6.61 Å². The fourth-order valence-corrected chi connectivity index (χ4v) is 1.01. The molecule has 0 aromatic heterocycles. The molecular weight excluding hydrogens is 184 g/mol. The molecule has 0 aromatic rings. The molecule has 0 fully saturated rings. The third kappa shape index (κ3) is 6.62. The zero-order valence-electron chi connectivity index (χ0n) is 8.78. The Labute approximate surface area is 84.4 Å². The highest BCUT2D eigenvalue weighted by atomic mass is 17.2. The molecule has 4 heteroatoms. The molecule has 4 nitrogen and oxygen atoms in total. The van der Waals surface area contributed by atoms with Crippen molar-refractivity contribution in [2.45, 2.75) is 32.6 Å². The maximum absolute atomic E-state index is 10.7. The molecule has 1 N–H and O–H groups in total. The van der Waals surface area contributed by atoms with E-state index in [0.717, 1.165) is 19.3 Å². The lowest BCUT2D eigenvalue weighted by molar-refractivity contribution is -0.271. The number of carboxylic acid groups (broad SMARTS) is 1. The Hall–Kier alpha value is -0.870. The van der Waals surface area contributed by atoms with Crippen molar-refractivity contribution in [2.75, 3.05) is 13.7 Å². The summed E-state index contributed by atoms with van der Waals surface area (Å²) in [7, 11) is 1.40. The maximum atomic E-state index is 10.7. The first-order chi connectivity index (χ1) is 6.72. The highest BCUT2D eigenvalue weighted by molar-refractivity contribution is 5.86. The van der Waals surface area contributed by atoms with Gasteiger partial charge >= 0.3 is 5.97 Å². The molecule has 0 spiro atoms. The number of carbonyl (C=O) groups is 1. The number of rotatable bonds is 8.